The number of carbonyl (C=O) groups excluding carboxylic acids is 2. The van der Waals surface area contributed by atoms with Crippen molar-refractivity contribution in [1.82, 2.24) is 14.7 Å². The van der Waals surface area contributed by atoms with Gasteiger partial charge in [-0.05, 0) is 12.1 Å². The van der Waals surface area contributed by atoms with E-state index in [2.05, 4.69) is 5.10 Å². The van der Waals surface area contributed by atoms with Crippen molar-refractivity contribution in [3.05, 3.63) is 48.3 Å². The number of rotatable bonds is 4. The molecule has 1 atom stereocenters. The van der Waals surface area contributed by atoms with Crippen molar-refractivity contribution in [2.75, 3.05) is 18.5 Å². The van der Waals surface area contributed by atoms with Crippen LogP contribution < -0.4 is 4.90 Å². The minimum Gasteiger partial charge on any atom is -0.341 e. The first-order valence-electron chi connectivity index (χ1n) is 7.62. The number of para-hydroxylation sites is 1. The lowest BCUT2D eigenvalue weighted by molar-refractivity contribution is -0.135. The van der Waals surface area contributed by atoms with Gasteiger partial charge in [0.25, 0.3) is 0 Å². The van der Waals surface area contributed by atoms with Crippen LogP contribution in [0.4, 0.5) is 5.69 Å². The number of amides is 2. The summed E-state index contributed by atoms with van der Waals surface area (Å²) in [5, 5.41) is 4.11. The molecular formula is C17H20N4O2. The van der Waals surface area contributed by atoms with Gasteiger partial charge in [0.05, 0.1) is 12.1 Å². The summed E-state index contributed by atoms with van der Waals surface area (Å²) in [6, 6.07) is 9.49. The van der Waals surface area contributed by atoms with Crippen LogP contribution >= 0.6 is 0 Å². The van der Waals surface area contributed by atoms with Crippen molar-refractivity contribution in [3.63, 3.8) is 0 Å². The van der Waals surface area contributed by atoms with Gasteiger partial charge in [0.2, 0.25) is 11.8 Å². The highest BCUT2D eigenvalue weighted by Crippen LogP contribution is 2.26. The van der Waals surface area contributed by atoms with Crippen LogP contribution in [0.2, 0.25) is 0 Å². The smallest absolute Gasteiger partial charge is 0.228 e. The first-order chi connectivity index (χ1) is 11.0. The molecule has 0 saturated carbocycles. The largest absolute Gasteiger partial charge is 0.341 e. The zero-order chi connectivity index (χ0) is 16.4. The van der Waals surface area contributed by atoms with Gasteiger partial charge in [0.1, 0.15) is 0 Å². The highest BCUT2D eigenvalue weighted by molar-refractivity contribution is 6.00. The predicted octanol–water partition coefficient (Wildman–Crippen LogP) is 1.43. The van der Waals surface area contributed by atoms with Gasteiger partial charge in [-0.2, -0.15) is 5.10 Å². The van der Waals surface area contributed by atoms with E-state index in [4.69, 9.17) is 0 Å². The average Bonchev–Trinajstić information content (AvgIpc) is 3.13. The molecule has 2 aromatic rings. The van der Waals surface area contributed by atoms with E-state index in [0.717, 1.165) is 11.3 Å². The molecule has 0 bridgehead atoms. The van der Waals surface area contributed by atoms with E-state index in [1.54, 1.807) is 27.7 Å². The Morgan fingerprint density at radius 2 is 2.09 bits per heavy atom. The van der Waals surface area contributed by atoms with E-state index in [-0.39, 0.29) is 24.2 Å². The molecule has 2 heterocycles. The highest BCUT2D eigenvalue weighted by atomic mass is 16.2. The van der Waals surface area contributed by atoms with Gasteiger partial charge in [-0.15, -0.1) is 0 Å². The van der Waals surface area contributed by atoms with Crippen LogP contribution in [0.15, 0.2) is 42.7 Å². The predicted molar refractivity (Wildman–Crippen MR) is 86.6 cm³/mol. The molecule has 6 heteroatoms. The molecule has 1 aliphatic heterocycles. The Kier molecular flexibility index (Phi) is 4.14. The quantitative estimate of drug-likeness (QED) is 0.858. The van der Waals surface area contributed by atoms with E-state index in [0.29, 0.717) is 13.1 Å². The van der Waals surface area contributed by atoms with Crippen molar-refractivity contribution in [3.8, 4) is 0 Å². The van der Waals surface area contributed by atoms with Crippen LogP contribution in [0.1, 0.15) is 12.0 Å². The number of carbonyl (C=O) groups is 2. The maximum absolute atomic E-state index is 12.6. The first kappa shape index (κ1) is 15.3. The molecule has 3 rings (SSSR count). The summed E-state index contributed by atoms with van der Waals surface area (Å²) in [4.78, 5) is 28.2. The standard InChI is InChI=1S/C17H20N4O2/c1-19(10-13-9-18-20(2)11-13)17(23)14-8-16(22)21(12-14)15-6-4-3-5-7-15/h3-7,9,11,14H,8,10,12H2,1-2H3/t14-/m1/s1. The molecule has 0 unspecified atom stereocenters. The molecule has 1 aromatic carbocycles. The molecule has 120 valence electrons. The van der Waals surface area contributed by atoms with Gasteiger partial charge in [-0.25, -0.2) is 0 Å². The lowest BCUT2D eigenvalue weighted by atomic mass is 10.1. The summed E-state index contributed by atoms with van der Waals surface area (Å²) < 4.78 is 1.71. The normalized spacial score (nSPS) is 17.6. The monoisotopic (exact) mass is 312 g/mol. The molecule has 1 saturated heterocycles. The Morgan fingerprint density at radius 3 is 2.74 bits per heavy atom. The fraction of sp³-hybridized carbons (Fsp3) is 0.353. The van der Waals surface area contributed by atoms with Gasteiger partial charge < -0.3 is 9.80 Å². The lowest BCUT2D eigenvalue weighted by Gasteiger charge is -2.21. The summed E-state index contributed by atoms with van der Waals surface area (Å²) in [6.07, 6.45) is 3.91. The summed E-state index contributed by atoms with van der Waals surface area (Å²) in [5.74, 6) is -0.283. The maximum atomic E-state index is 12.6. The summed E-state index contributed by atoms with van der Waals surface area (Å²) in [7, 11) is 3.61. The number of benzene rings is 1. The number of nitrogens with zero attached hydrogens (tertiary/aromatic N) is 4. The summed E-state index contributed by atoms with van der Waals surface area (Å²) >= 11 is 0. The van der Waals surface area contributed by atoms with E-state index in [1.165, 1.54) is 0 Å². The molecule has 2 amide bonds. The molecule has 0 radical (unpaired) electrons. The average molecular weight is 312 g/mol. The van der Waals surface area contributed by atoms with Gasteiger partial charge in [-0.1, -0.05) is 18.2 Å². The molecule has 0 aliphatic carbocycles. The SMILES string of the molecule is CN(Cc1cnn(C)c1)C(=O)[C@@H]1CC(=O)N(c2ccccc2)C1. The molecule has 0 N–H and O–H groups in total. The van der Waals surface area contributed by atoms with E-state index in [1.807, 2.05) is 43.6 Å². The van der Waals surface area contributed by atoms with Crippen LogP contribution in [0, 0.1) is 5.92 Å². The van der Waals surface area contributed by atoms with Gasteiger partial charge in [0, 0.05) is 51.1 Å². The van der Waals surface area contributed by atoms with Crippen LogP contribution in [0.3, 0.4) is 0 Å². The van der Waals surface area contributed by atoms with E-state index in [9.17, 15) is 9.59 Å². The van der Waals surface area contributed by atoms with Crippen molar-refractivity contribution in [1.29, 1.82) is 0 Å². The Hall–Kier alpha value is -2.63. The van der Waals surface area contributed by atoms with Gasteiger partial charge in [-0.3, -0.25) is 14.3 Å². The molecule has 1 aromatic heterocycles. The number of aryl methyl sites for hydroxylation is 1. The number of hydrogen-bond acceptors (Lipinski definition) is 3. The zero-order valence-electron chi connectivity index (χ0n) is 13.3. The van der Waals surface area contributed by atoms with Crippen LogP contribution in [0.5, 0.6) is 0 Å². The van der Waals surface area contributed by atoms with Crippen molar-refractivity contribution in [2.45, 2.75) is 13.0 Å². The number of aromatic nitrogens is 2. The second-order valence-corrected chi connectivity index (χ2v) is 5.96. The van der Waals surface area contributed by atoms with Gasteiger partial charge in [0.15, 0.2) is 0 Å². The molecule has 6 nitrogen and oxygen atoms in total. The fourth-order valence-corrected chi connectivity index (χ4v) is 2.95. The molecule has 1 fully saturated rings. The Balaban J connectivity index is 1.65. The molecule has 0 spiro atoms. The van der Waals surface area contributed by atoms with Crippen LogP contribution in [-0.2, 0) is 23.2 Å². The Labute approximate surface area is 135 Å². The number of anilines is 1. The first-order valence-corrected chi connectivity index (χ1v) is 7.62. The second kappa shape index (κ2) is 6.24. The molecular weight excluding hydrogens is 292 g/mol. The van der Waals surface area contributed by atoms with E-state index >= 15 is 0 Å². The van der Waals surface area contributed by atoms with Gasteiger partial charge >= 0.3 is 0 Å². The fourth-order valence-electron chi connectivity index (χ4n) is 2.95. The van der Waals surface area contributed by atoms with Crippen LogP contribution in [0.25, 0.3) is 0 Å². The third-order valence-electron chi connectivity index (χ3n) is 4.10. The maximum Gasteiger partial charge on any atom is 0.228 e. The third kappa shape index (κ3) is 3.26. The molecule has 1 aliphatic rings. The third-order valence-corrected chi connectivity index (χ3v) is 4.10. The summed E-state index contributed by atoms with van der Waals surface area (Å²) in [5.41, 5.74) is 1.83. The van der Waals surface area contributed by atoms with Crippen molar-refractivity contribution in [2.24, 2.45) is 13.0 Å². The Morgan fingerprint density at radius 1 is 1.35 bits per heavy atom. The van der Waals surface area contributed by atoms with Crippen molar-refractivity contribution >= 4 is 17.5 Å². The topological polar surface area (TPSA) is 58.4 Å². The Bertz CT molecular complexity index is 710. The highest BCUT2D eigenvalue weighted by Gasteiger charge is 2.36. The van der Waals surface area contributed by atoms with E-state index < -0.39 is 0 Å². The van der Waals surface area contributed by atoms with Crippen molar-refractivity contribution < 1.29 is 9.59 Å². The second-order valence-electron chi connectivity index (χ2n) is 5.96. The minimum absolute atomic E-state index is 0.000587. The lowest BCUT2D eigenvalue weighted by Crippen LogP contribution is -2.34. The molecule has 23 heavy (non-hydrogen) atoms. The number of hydrogen-bond donors (Lipinski definition) is 0. The minimum atomic E-state index is -0.288. The van der Waals surface area contributed by atoms with Crippen LogP contribution in [-0.4, -0.2) is 40.1 Å². The summed E-state index contributed by atoms with van der Waals surface area (Å²) in [6.45, 7) is 0.946. The zero-order valence-corrected chi connectivity index (χ0v) is 13.3.